The molecular formula is C23H30N2O4S. The Bertz CT molecular complexity index is 934. The van der Waals surface area contributed by atoms with Gasteiger partial charge in [0, 0.05) is 24.7 Å². The maximum absolute atomic E-state index is 13.1. The maximum Gasteiger partial charge on any atom is 0.251 e. The minimum atomic E-state index is -3.71. The van der Waals surface area contributed by atoms with Gasteiger partial charge < -0.3 is 10.1 Å². The zero-order valence-corrected chi connectivity index (χ0v) is 18.6. The summed E-state index contributed by atoms with van der Waals surface area (Å²) in [5, 5.41) is 3.00. The van der Waals surface area contributed by atoms with Gasteiger partial charge in [0.1, 0.15) is 5.75 Å². The Hall–Kier alpha value is -2.64. The molecule has 0 aliphatic rings. The third-order valence-corrected chi connectivity index (χ3v) is 6.75. The summed E-state index contributed by atoms with van der Waals surface area (Å²) < 4.78 is 32.6. The molecule has 0 spiro atoms. The number of rotatable bonds is 11. The van der Waals surface area contributed by atoms with Crippen molar-refractivity contribution < 1.29 is 17.9 Å². The molecular weight excluding hydrogens is 400 g/mol. The normalized spacial score (nSPS) is 11.5. The quantitative estimate of drug-likeness (QED) is 0.547. The highest BCUT2D eigenvalue weighted by molar-refractivity contribution is 7.89. The van der Waals surface area contributed by atoms with Crippen LogP contribution in [0.3, 0.4) is 0 Å². The zero-order valence-electron chi connectivity index (χ0n) is 17.8. The highest BCUT2D eigenvalue weighted by Gasteiger charge is 2.24. The van der Waals surface area contributed by atoms with Gasteiger partial charge in [-0.25, -0.2) is 8.42 Å². The van der Waals surface area contributed by atoms with Crippen molar-refractivity contribution in [2.45, 2.75) is 44.2 Å². The largest absolute Gasteiger partial charge is 0.497 e. The molecule has 0 radical (unpaired) electrons. The lowest BCUT2D eigenvalue weighted by Gasteiger charge is -2.21. The predicted molar refractivity (Wildman–Crippen MR) is 119 cm³/mol. The Morgan fingerprint density at radius 3 is 2.20 bits per heavy atom. The second kappa shape index (κ2) is 10.9. The van der Waals surface area contributed by atoms with Crippen LogP contribution >= 0.6 is 0 Å². The van der Waals surface area contributed by atoms with Gasteiger partial charge in [-0.05, 0) is 54.8 Å². The molecule has 0 unspecified atom stereocenters. The van der Waals surface area contributed by atoms with E-state index in [9.17, 15) is 13.2 Å². The third-order valence-electron chi connectivity index (χ3n) is 4.93. The second-order valence-corrected chi connectivity index (χ2v) is 8.88. The van der Waals surface area contributed by atoms with Crippen LogP contribution in [0.2, 0.25) is 0 Å². The minimum Gasteiger partial charge on any atom is -0.497 e. The fourth-order valence-electron chi connectivity index (χ4n) is 3.02. The molecule has 2 rings (SSSR count). The van der Waals surface area contributed by atoms with Crippen LogP contribution < -0.4 is 10.1 Å². The van der Waals surface area contributed by atoms with Crippen molar-refractivity contribution in [1.29, 1.82) is 0 Å². The molecule has 0 aliphatic heterocycles. The van der Waals surface area contributed by atoms with Crippen molar-refractivity contribution in [3.8, 4) is 5.75 Å². The Morgan fingerprint density at radius 2 is 1.70 bits per heavy atom. The maximum atomic E-state index is 13.1. The Balaban J connectivity index is 2.17. The van der Waals surface area contributed by atoms with Gasteiger partial charge in [-0.15, -0.1) is 6.58 Å². The number of benzene rings is 2. The standard InChI is InChI=1S/C23H30N2O4S/c1-5-16-25(30(27,28)22-14-12-21(29-4)13-15-22)17-18-8-10-19(11-9-18)23(26)24-20(6-2)7-3/h5,8-15,20H,1,6-7,16-17H2,2-4H3,(H,24,26). The van der Waals surface area contributed by atoms with Crippen LogP contribution in [0.1, 0.15) is 42.6 Å². The van der Waals surface area contributed by atoms with Gasteiger partial charge in [0.15, 0.2) is 0 Å². The first kappa shape index (κ1) is 23.6. The number of nitrogens with one attached hydrogen (secondary N) is 1. The van der Waals surface area contributed by atoms with E-state index < -0.39 is 10.0 Å². The Morgan fingerprint density at radius 1 is 1.10 bits per heavy atom. The van der Waals surface area contributed by atoms with Gasteiger partial charge >= 0.3 is 0 Å². The fourth-order valence-corrected chi connectivity index (χ4v) is 4.41. The van der Waals surface area contributed by atoms with E-state index in [4.69, 9.17) is 4.74 Å². The average Bonchev–Trinajstić information content (AvgIpc) is 2.77. The van der Waals surface area contributed by atoms with Gasteiger partial charge in [0.25, 0.3) is 5.91 Å². The Kier molecular flexibility index (Phi) is 8.62. The molecule has 1 amide bonds. The minimum absolute atomic E-state index is 0.121. The van der Waals surface area contributed by atoms with Crippen LogP contribution in [0.5, 0.6) is 5.75 Å². The second-order valence-electron chi connectivity index (χ2n) is 6.95. The van der Waals surface area contributed by atoms with Crippen molar-refractivity contribution in [2.75, 3.05) is 13.7 Å². The number of nitrogens with zero attached hydrogens (tertiary/aromatic N) is 1. The summed E-state index contributed by atoms with van der Waals surface area (Å²) in [6.45, 7) is 8.10. The van der Waals surface area contributed by atoms with Gasteiger partial charge in [0.05, 0.1) is 12.0 Å². The smallest absolute Gasteiger partial charge is 0.251 e. The molecule has 2 aromatic carbocycles. The molecule has 162 valence electrons. The SMILES string of the molecule is C=CCN(Cc1ccc(C(=O)NC(CC)CC)cc1)S(=O)(=O)c1ccc(OC)cc1. The summed E-state index contributed by atoms with van der Waals surface area (Å²) in [7, 11) is -2.18. The molecule has 1 N–H and O–H groups in total. The molecule has 0 fully saturated rings. The molecule has 7 heteroatoms. The van der Waals surface area contributed by atoms with Crippen molar-refractivity contribution in [3.63, 3.8) is 0 Å². The van der Waals surface area contributed by atoms with Crippen LogP contribution in [-0.2, 0) is 16.6 Å². The summed E-state index contributed by atoms with van der Waals surface area (Å²) in [6.07, 6.45) is 3.30. The lowest BCUT2D eigenvalue weighted by atomic mass is 10.1. The summed E-state index contributed by atoms with van der Waals surface area (Å²) in [5.74, 6) is 0.468. The van der Waals surface area contributed by atoms with Crippen molar-refractivity contribution in [3.05, 3.63) is 72.3 Å². The van der Waals surface area contributed by atoms with Crippen LogP contribution in [0.15, 0.2) is 66.1 Å². The van der Waals surface area contributed by atoms with E-state index >= 15 is 0 Å². The zero-order chi connectivity index (χ0) is 22.1. The monoisotopic (exact) mass is 430 g/mol. The molecule has 30 heavy (non-hydrogen) atoms. The highest BCUT2D eigenvalue weighted by Crippen LogP contribution is 2.21. The number of hydrogen-bond donors (Lipinski definition) is 1. The van der Waals surface area contributed by atoms with E-state index in [0.29, 0.717) is 11.3 Å². The van der Waals surface area contributed by atoms with Gasteiger partial charge in [0.2, 0.25) is 10.0 Å². The molecule has 2 aromatic rings. The molecule has 0 saturated heterocycles. The number of sulfonamides is 1. The van der Waals surface area contributed by atoms with E-state index in [1.165, 1.54) is 23.5 Å². The average molecular weight is 431 g/mol. The van der Waals surface area contributed by atoms with Crippen LogP contribution in [0.4, 0.5) is 0 Å². The number of methoxy groups -OCH3 is 1. The predicted octanol–water partition coefficient (Wildman–Crippen LogP) is 3.99. The molecule has 0 aromatic heterocycles. The van der Waals surface area contributed by atoms with Gasteiger partial charge in [-0.1, -0.05) is 32.1 Å². The van der Waals surface area contributed by atoms with Crippen molar-refractivity contribution >= 4 is 15.9 Å². The first-order chi connectivity index (χ1) is 14.3. The first-order valence-corrected chi connectivity index (χ1v) is 11.4. The topological polar surface area (TPSA) is 75.7 Å². The summed E-state index contributed by atoms with van der Waals surface area (Å²) in [6, 6.07) is 13.4. The number of hydrogen-bond acceptors (Lipinski definition) is 4. The highest BCUT2D eigenvalue weighted by atomic mass is 32.2. The van der Waals surface area contributed by atoms with Crippen molar-refractivity contribution in [2.24, 2.45) is 0 Å². The summed E-state index contributed by atoms with van der Waals surface area (Å²) >= 11 is 0. The fraction of sp³-hybridized carbons (Fsp3) is 0.348. The molecule has 0 heterocycles. The number of ether oxygens (including phenoxy) is 1. The number of amides is 1. The molecule has 0 aliphatic carbocycles. The van der Waals surface area contributed by atoms with E-state index in [1.807, 2.05) is 13.8 Å². The van der Waals surface area contributed by atoms with Crippen LogP contribution in [0, 0.1) is 0 Å². The van der Waals surface area contributed by atoms with Crippen LogP contribution in [0.25, 0.3) is 0 Å². The van der Waals surface area contributed by atoms with Gasteiger partial charge in [-0.3, -0.25) is 4.79 Å². The molecule has 0 bridgehead atoms. The van der Waals surface area contributed by atoms with E-state index in [2.05, 4.69) is 11.9 Å². The Labute approximate surface area is 179 Å². The van der Waals surface area contributed by atoms with E-state index in [-0.39, 0.29) is 29.9 Å². The number of carbonyl (C=O) groups is 1. The summed E-state index contributed by atoms with van der Waals surface area (Å²) in [4.78, 5) is 12.6. The number of carbonyl (C=O) groups excluding carboxylic acids is 1. The van der Waals surface area contributed by atoms with Crippen molar-refractivity contribution in [1.82, 2.24) is 9.62 Å². The molecule has 0 saturated carbocycles. The first-order valence-electron chi connectivity index (χ1n) is 10.0. The lowest BCUT2D eigenvalue weighted by Crippen LogP contribution is -2.33. The van der Waals surface area contributed by atoms with E-state index in [0.717, 1.165) is 18.4 Å². The molecule has 6 nitrogen and oxygen atoms in total. The lowest BCUT2D eigenvalue weighted by molar-refractivity contribution is 0.0935. The van der Waals surface area contributed by atoms with E-state index in [1.54, 1.807) is 42.5 Å². The van der Waals surface area contributed by atoms with Crippen LogP contribution in [-0.4, -0.2) is 38.3 Å². The summed E-state index contributed by atoms with van der Waals surface area (Å²) in [5.41, 5.74) is 1.34. The third kappa shape index (κ3) is 5.93. The van der Waals surface area contributed by atoms with Gasteiger partial charge in [-0.2, -0.15) is 4.31 Å². The molecule has 0 atom stereocenters.